The second-order valence-electron chi connectivity index (χ2n) is 3.98. The number of carboxylic acid groups (broad SMARTS) is 1. The first-order valence-electron chi connectivity index (χ1n) is 4.34. The molecule has 0 radical (unpaired) electrons. The van der Waals surface area contributed by atoms with Crippen molar-refractivity contribution >= 4 is 11.9 Å². The van der Waals surface area contributed by atoms with Crippen LogP contribution in [0, 0.1) is 0 Å². The first-order chi connectivity index (χ1) is 6.22. The summed E-state index contributed by atoms with van der Waals surface area (Å²) in [7, 11) is 0. The van der Waals surface area contributed by atoms with Crippen LogP contribution in [0.25, 0.3) is 0 Å². The molecular formula is C10H16O4. The minimum absolute atomic E-state index is 0.00456. The number of esters is 1. The summed E-state index contributed by atoms with van der Waals surface area (Å²) in [6.07, 6.45) is 1.34. The maximum atomic E-state index is 11.1. The molecule has 0 atom stereocenters. The molecule has 0 fully saturated rings. The van der Waals surface area contributed by atoms with Crippen molar-refractivity contribution in [3.63, 3.8) is 0 Å². The second-order valence-corrected chi connectivity index (χ2v) is 3.98. The van der Waals surface area contributed by atoms with Gasteiger partial charge >= 0.3 is 11.9 Å². The van der Waals surface area contributed by atoms with Crippen LogP contribution in [0.1, 0.15) is 34.1 Å². The molecule has 0 aliphatic rings. The Kier molecular flexibility index (Phi) is 4.34. The first kappa shape index (κ1) is 12.7. The fourth-order valence-corrected chi connectivity index (χ4v) is 0.707. The number of carbonyl (C=O) groups excluding carboxylic acids is 1. The molecule has 14 heavy (non-hydrogen) atoms. The lowest BCUT2D eigenvalue weighted by molar-refractivity contribution is -0.153. The number of carboxylic acids is 1. The van der Waals surface area contributed by atoms with E-state index >= 15 is 0 Å². The van der Waals surface area contributed by atoms with Crippen molar-refractivity contribution in [1.29, 1.82) is 0 Å². The van der Waals surface area contributed by atoms with E-state index in [-0.39, 0.29) is 12.0 Å². The van der Waals surface area contributed by atoms with Gasteiger partial charge in [-0.15, -0.1) is 0 Å². The molecule has 0 aliphatic heterocycles. The van der Waals surface area contributed by atoms with Crippen molar-refractivity contribution in [2.75, 3.05) is 0 Å². The smallest absolute Gasteiger partial charge is 0.330 e. The molecule has 0 spiro atoms. The summed E-state index contributed by atoms with van der Waals surface area (Å²) in [5.41, 5.74) is -0.377. The molecule has 0 aromatic carbocycles. The zero-order chi connectivity index (χ0) is 11.4. The molecule has 1 N–H and O–H groups in total. The molecule has 0 aromatic rings. The van der Waals surface area contributed by atoms with Crippen molar-refractivity contribution in [2.45, 2.75) is 39.7 Å². The molecular weight excluding hydrogens is 184 g/mol. The van der Waals surface area contributed by atoms with Gasteiger partial charge in [-0.2, -0.15) is 0 Å². The molecule has 80 valence electrons. The minimum atomic E-state index is -1.02. The zero-order valence-corrected chi connectivity index (χ0v) is 8.96. The largest absolute Gasteiger partial charge is 0.478 e. The average Bonchev–Trinajstić information content (AvgIpc) is 1.96. The van der Waals surface area contributed by atoms with E-state index in [1.165, 1.54) is 13.0 Å². The molecule has 0 bridgehead atoms. The summed E-state index contributed by atoms with van der Waals surface area (Å²) in [6.45, 7) is 6.72. The Morgan fingerprint density at radius 3 is 2.21 bits per heavy atom. The van der Waals surface area contributed by atoms with E-state index in [1.807, 2.05) is 0 Å². The highest BCUT2D eigenvalue weighted by Gasteiger charge is 2.15. The number of ether oxygens (including phenoxy) is 1. The number of hydrogen-bond donors (Lipinski definition) is 1. The van der Waals surface area contributed by atoms with E-state index in [0.29, 0.717) is 0 Å². The summed E-state index contributed by atoms with van der Waals surface area (Å²) in [6, 6.07) is 0. The molecule has 0 saturated heterocycles. The Balaban J connectivity index is 4.10. The Labute approximate surface area is 83.6 Å². The summed E-state index contributed by atoms with van der Waals surface area (Å²) in [4.78, 5) is 21.5. The van der Waals surface area contributed by atoms with Crippen molar-refractivity contribution in [2.24, 2.45) is 0 Å². The van der Waals surface area contributed by atoms with Crippen LogP contribution in [0.4, 0.5) is 0 Å². The molecule has 4 nitrogen and oxygen atoms in total. The van der Waals surface area contributed by atoms with Gasteiger partial charge in [-0.05, 0) is 27.7 Å². The topological polar surface area (TPSA) is 63.6 Å². The van der Waals surface area contributed by atoms with Crippen LogP contribution in [0.2, 0.25) is 0 Å². The monoisotopic (exact) mass is 200 g/mol. The predicted octanol–water partition coefficient (Wildman–Crippen LogP) is 1.75. The van der Waals surface area contributed by atoms with Gasteiger partial charge in [0, 0.05) is 5.57 Å². The summed E-state index contributed by atoms with van der Waals surface area (Å²) >= 11 is 0. The van der Waals surface area contributed by atoms with E-state index in [9.17, 15) is 9.59 Å². The summed E-state index contributed by atoms with van der Waals surface area (Å²) in [5.74, 6) is -1.44. The Morgan fingerprint density at radius 2 is 1.86 bits per heavy atom. The van der Waals surface area contributed by atoms with Gasteiger partial charge in [-0.25, -0.2) is 4.79 Å². The quantitative estimate of drug-likeness (QED) is 0.556. The molecule has 4 heteroatoms. The van der Waals surface area contributed by atoms with E-state index < -0.39 is 17.5 Å². The standard InChI is InChI=1S/C10H16O4/c1-7(9(12)13)5-6-8(11)14-10(2,3)4/h5H,6H2,1-4H3,(H,12,13). The van der Waals surface area contributed by atoms with Crippen LogP contribution in [-0.2, 0) is 14.3 Å². The van der Waals surface area contributed by atoms with Gasteiger partial charge < -0.3 is 9.84 Å². The fraction of sp³-hybridized carbons (Fsp3) is 0.600. The van der Waals surface area contributed by atoms with Crippen molar-refractivity contribution in [3.05, 3.63) is 11.6 Å². The van der Waals surface area contributed by atoms with Crippen LogP contribution in [0.3, 0.4) is 0 Å². The first-order valence-corrected chi connectivity index (χ1v) is 4.34. The van der Waals surface area contributed by atoms with Gasteiger partial charge in [-0.3, -0.25) is 4.79 Å². The highest BCUT2D eigenvalue weighted by molar-refractivity contribution is 5.86. The molecule has 0 saturated carbocycles. The number of aliphatic carboxylic acids is 1. The van der Waals surface area contributed by atoms with Crippen molar-refractivity contribution in [3.8, 4) is 0 Å². The number of carbonyl (C=O) groups is 2. The van der Waals surface area contributed by atoms with E-state index in [2.05, 4.69) is 0 Å². The second kappa shape index (κ2) is 4.79. The minimum Gasteiger partial charge on any atom is -0.478 e. The van der Waals surface area contributed by atoms with Crippen LogP contribution < -0.4 is 0 Å². The summed E-state index contributed by atoms with van der Waals surface area (Å²) < 4.78 is 4.99. The Hall–Kier alpha value is -1.32. The van der Waals surface area contributed by atoms with Gasteiger partial charge in [0.25, 0.3) is 0 Å². The van der Waals surface area contributed by atoms with E-state index in [4.69, 9.17) is 9.84 Å². The van der Waals surface area contributed by atoms with Crippen LogP contribution in [-0.4, -0.2) is 22.6 Å². The Bertz CT molecular complexity index is 258. The number of hydrogen-bond acceptors (Lipinski definition) is 3. The van der Waals surface area contributed by atoms with Gasteiger partial charge in [-0.1, -0.05) is 6.08 Å². The van der Waals surface area contributed by atoms with Crippen molar-refractivity contribution in [1.82, 2.24) is 0 Å². The molecule has 0 aromatic heterocycles. The molecule has 0 amide bonds. The maximum absolute atomic E-state index is 11.1. The normalized spacial score (nSPS) is 12.4. The average molecular weight is 200 g/mol. The third kappa shape index (κ3) is 6.22. The lowest BCUT2D eigenvalue weighted by atomic mass is 10.2. The van der Waals surface area contributed by atoms with Crippen LogP contribution in [0.5, 0.6) is 0 Å². The third-order valence-electron chi connectivity index (χ3n) is 1.33. The van der Waals surface area contributed by atoms with E-state index in [1.54, 1.807) is 20.8 Å². The van der Waals surface area contributed by atoms with E-state index in [0.717, 1.165) is 0 Å². The number of rotatable bonds is 3. The molecule has 0 unspecified atom stereocenters. The van der Waals surface area contributed by atoms with Gasteiger partial charge in [0.2, 0.25) is 0 Å². The molecule has 0 aliphatic carbocycles. The van der Waals surface area contributed by atoms with Crippen LogP contribution in [0.15, 0.2) is 11.6 Å². The third-order valence-corrected chi connectivity index (χ3v) is 1.33. The molecule has 0 heterocycles. The maximum Gasteiger partial charge on any atom is 0.330 e. The fourth-order valence-electron chi connectivity index (χ4n) is 0.707. The van der Waals surface area contributed by atoms with Crippen molar-refractivity contribution < 1.29 is 19.4 Å². The molecule has 0 rings (SSSR count). The lowest BCUT2D eigenvalue weighted by Gasteiger charge is -2.18. The Morgan fingerprint density at radius 1 is 1.36 bits per heavy atom. The lowest BCUT2D eigenvalue weighted by Crippen LogP contribution is -2.23. The van der Waals surface area contributed by atoms with Gasteiger partial charge in [0.1, 0.15) is 5.60 Å². The highest BCUT2D eigenvalue weighted by atomic mass is 16.6. The van der Waals surface area contributed by atoms with Gasteiger partial charge in [0.05, 0.1) is 6.42 Å². The predicted molar refractivity (Wildman–Crippen MR) is 51.9 cm³/mol. The highest BCUT2D eigenvalue weighted by Crippen LogP contribution is 2.09. The zero-order valence-electron chi connectivity index (χ0n) is 8.96. The summed E-state index contributed by atoms with van der Waals surface area (Å²) in [5, 5.41) is 8.51. The SMILES string of the molecule is CC(=CCC(=O)OC(C)(C)C)C(=O)O. The van der Waals surface area contributed by atoms with Crippen LogP contribution >= 0.6 is 0 Å². The van der Waals surface area contributed by atoms with Gasteiger partial charge in [0.15, 0.2) is 0 Å².